The van der Waals surface area contributed by atoms with E-state index >= 15 is 0 Å². The molecule has 3 aromatic rings. The summed E-state index contributed by atoms with van der Waals surface area (Å²) >= 11 is 1.27. The minimum absolute atomic E-state index is 0.0157. The number of nitrogens with zero attached hydrogens (tertiary/aromatic N) is 6. The molecule has 1 aromatic heterocycles. The molecule has 0 atom stereocenters. The maximum Gasteiger partial charge on any atom is 0.238 e. The van der Waals surface area contributed by atoms with Gasteiger partial charge in [-0.1, -0.05) is 23.9 Å². The molecule has 10 nitrogen and oxygen atoms in total. The predicted molar refractivity (Wildman–Crippen MR) is 129 cm³/mol. The fourth-order valence-electron chi connectivity index (χ4n) is 3.64. The van der Waals surface area contributed by atoms with Crippen LogP contribution in [0.15, 0.2) is 53.7 Å². The van der Waals surface area contributed by atoms with Crippen LogP contribution in [0.5, 0.6) is 5.75 Å². The summed E-state index contributed by atoms with van der Waals surface area (Å²) in [6.07, 6.45) is 0. The summed E-state index contributed by atoms with van der Waals surface area (Å²) in [7, 11) is 0. The largest absolute Gasteiger partial charge is 0.492 e. The van der Waals surface area contributed by atoms with Crippen LogP contribution in [0.25, 0.3) is 5.69 Å². The molecular formula is C23H26FN7O3S. The average molecular weight is 500 g/mol. The van der Waals surface area contributed by atoms with Gasteiger partial charge in [0.2, 0.25) is 17.0 Å². The van der Waals surface area contributed by atoms with E-state index < -0.39 is 0 Å². The first-order chi connectivity index (χ1) is 17.0. The second-order valence-electron chi connectivity index (χ2n) is 7.77. The van der Waals surface area contributed by atoms with Crippen molar-refractivity contribution in [3.05, 3.63) is 54.3 Å². The molecule has 0 spiro atoms. The van der Waals surface area contributed by atoms with Crippen LogP contribution in [0.4, 0.5) is 10.1 Å². The standard InChI is InChI=1S/C23H26FN7O3S/c1-2-34-20-6-4-3-5-19(20)31-23(26-27-28-31)35-16-22(33)30-13-11-29(12-14-30)15-21(32)25-18-9-7-17(24)8-10-18/h3-10H,2,11-16H2,1H3,(H,25,32). The van der Waals surface area contributed by atoms with Crippen LogP contribution in [0, 0.1) is 5.82 Å². The number of para-hydroxylation sites is 2. The third kappa shape index (κ3) is 6.55. The topological polar surface area (TPSA) is 105 Å². The van der Waals surface area contributed by atoms with Gasteiger partial charge in [0, 0.05) is 31.9 Å². The molecule has 4 rings (SSSR count). The van der Waals surface area contributed by atoms with E-state index in [1.807, 2.05) is 36.1 Å². The molecule has 1 N–H and O–H groups in total. The SMILES string of the molecule is CCOc1ccccc1-n1nnnc1SCC(=O)N1CCN(CC(=O)Nc2ccc(F)cc2)CC1. The zero-order valence-corrected chi connectivity index (χ0v) is 20.1. The molecule has 1 saturated heterocycles. The Kier molecular flexibility index (Phi) is 8.27. The second kappa shape index (κ2) is 11.8. The molecule has 1 aliphatic heterocycles. The van der Waals surface area contributed by atoms with Crippen LogP contribution >= 0.6 is 11.8 Å². The van der Waals surface area contributed by atoms with Gasteiger partial charge in [0.25, 0.3) is 0 Å². The van der Waals surface area contributed by atoms with Crippen molar-refractivity contribution in [3.63, 3.8) is 0 Å². The van der Waals surface area contributed by atoms with Crippen molar-refractivity contribution in [1.82, 2.24) is 30.0 Å². The molecule has 1 fully saturated rings. The Morgan fingerprint density at radius 2 is 1.83 bits per heavy atom. The Balaban J connectivity index is 1.25. The number of hydrogen-bond donors (Lipinski definition) is 1. The highest BCUT2D eigenvalue weighted by Gasteiger charge is 2.23. The van der Waals surface area contributed by atoms with Crippen LogP contribution < -0.4 is 10.1 Å². The number of hydrogen-bond acceptors (Lipinski definition) is 8. The van der Waals surface area contributed by atoms with E-state index in [0.717, 1.165) is 0 Å². The van der Waals surface area contributed by atoms with Gasteiger partial charge >= 0.3 is 0 Å². The number of tetrazole rings is 1. The van der Waals surface area contributed by atoms with Gasteiger partial charge in [-0.2, -0.15) is 4.68 Å². The first kappa shape index (κ1) is 24.6. The monoisotopic (exact) mass is 499 g/mol. The quantitative estimate of drug-likeness (QED) is 0.446. The highest BCUT2D eigenvalue weighted by atomic mass is 32.2. The van der Waals surface area contributed by atoms with Crippen LogP contribution in [-0.4, -0.2) is 86.9 Å². The second-order valence-corrected chi connectivity index (χ2v) is 8.72. The molecule has 35 heavy (non-hydrogen) atoms. The third-order valence-electron chi connectivity index (χ3n) is 5.38. The number of halogens is 1. The summed E-state index contributed by atoms with van der Waals surface area (Å²) < 4.78 is 20.2. The van der Waals surface area contributed by atoms with Crippen molar-refractivity contribution in [3.8, 4) is 11.4 Å². The lowest BCUT2D eigenvalue weighted by molar-refractivity contribution is -0.130. The number of rotatable bonds is 9. The lowest BCUT2D eigenvalue weighted by atomic mass is 10.3. The number of thioether (sulfide) groups is 1. The number of carbonyl (C=O) groups is 2. The Labute approximate surface area is 206 Å². The van der Waals surface area contributed by atoms with E-state index in [0.29, 0.717) is 55.1 Å². The van der Waals surface area contributed by atoms with E-state index in [-0.39, 0.29) is 29.9 Å². The van der Waals surface area contributed by atoms with Crippen molar-refractivity contribution >= 4 is 29.3 Å². The lowest BCUT2D eigenvalue weighted by Gasteiger charge is -2.34. The molecule has 2 heterocycles. The first-order valence-corrected chi connectivity index (χ1v) is 12.2. The first-order valence-electron chi connectivity index (χ1n) is 11.2. The number of anilines is 1. The predicted octanol–water partition coefficient (Wildman–Crippen LogP) is 2.08. The van der Waals surface area contributed by atoms with Gasteiger partial charge in [-0.25, -0.2) is 4.39 Å². The van der Waals surface area contributed by atoms with Crippen LogP contribution in [0.3, 0.4) is 0 Å². The van der Waals surface area contributed by atoms with Gasteiger partial charge < -0.3 is 15.0 Å². The highest BCUT2D eigenvalue weighted by Crippen LogP contribution is 2.26. The molecule has 2 aromatic carbocycles. The van der Waals surface area contributed by atoms with Crippen molar-refractivity contribution in [2.24, 2.45) is 0 Å². The van der Waals surface area contributed by atoms with Crippen molar-refractivity contribution in [2.45, 2.75) is 12.1 Å². The van der Waals surface area contributed by atoms with Crippen LogP contribution in [0.2, 0.25) is 0 Å². The summed E-state index contributed by atoms with van der Waals surface area (Å²) in [4.78, 5) is 28.8. The van der Waals surface area contributed by atoms with Gasteiger partial charge in [-0.3, -0.25) is 14.5 Å². The Morgan fingerprint density at radius 3 is 2.57 bits per heavy atom. The number of piperazine rings is 1. The summed E-state index contributed by atoms with van der Waals surface area (Å²) in [5.41, 5.74) is 1.26. The number of aromatic nitrogens is 4. The van der Waals surface area contributed by atoms with Gasteiger partial charge in [-0.15, -0.1) is 5.10 Å². The summed E-state index contributed by atoms with van der Waals surface area (Å²) in [6.45, 7) is 4.87. The van der Waals surface area contributed by atoms with E-state index in [9.17, 15) is 14.0 Å². The molecule has 12 heteroatoms. The maximum atomic E-state index is 13.0. The van der Waals surface area contributed by atoms with E-state index in [4.69, 9.17) is 4.74 Å². The zero-order chi connectivity index (χ0) is 24.6. The molecular weight excluding hydrogens is 473 g/mol. The van der Waals surface area contributed by atoms with Crippen molar-refractivity contribution in [2.75, 3.05) is 50.4 Å². The number of ether oxygens (including phenoxy) is 1. The van der Waals surface area contributed by atoms with E-state index in [2.05, 4.69) is 20.8 Å². The molecule has 1 aliphatic rings. The molecule has 0 bridgehead atoms. The molecule has 0 saturated carbocycles. The maximum absolute atomic E-state index is 13.0. The number of carbonyl (C=O) groups excluding carboxylic acids is 2. The summed E-state index contributed by atoms with van der Waals surface area (Å²) in [6, 6.07) is 13.1. The van der Waals surface area contributed by atoms with Gasteiger partial charge in [0.1, 0.15) is 17.3 Å². The Morgan fingerprint density at radius 1 is 1.09 bits per heavy atom. The fraction of sp³-hybridized carbons (Fsp3) is 0.348. The Hall–Kier alpha value is -3.51. The normalized spacial score (nSPS) is 14.1. The van der Waals surface area contributed by atoms with Gasteiger partial charge in [0.15, 0.2) is 0 Å². The molecule has 0 radical (unpaired) electrons. The number of benzene rings is 2. The minimum Gasteiger partial charge on any atom is -0.492 e. The van der Waals surface area contributed by atoms with Crippen molar-refractivity contribution < 1.29 is 18.7 Å². The molecule has 184 valence electrons. The van der Waals surface area contributed by atoms with E-state index in [1.165, 1.54) is 36.0 Å². The average Bonchev–Trinajstić information content (AvgIpc) is 3.33. The van der Waals surface area contributed by atoms with Gasteiger partial charge in [-0.05, 0) is 53.7 Å². The van der Waals surface area contributed by atoms with E-state index in [1.54, 1.807) is 9.58 Å². The molecule has 2 amide bonds. The number of amides is 2. The third-order valence-corrected chi connectivity index (χ3v) is 6.28. The molecule has 0 aliphatic carbocycles. The fourth-order valence-corrected chi connectivity index (χ4v) is 4.43. The lowest BCUT2D eigenvalue weighted by Crippen LogP contribution is -2.50. The van der Waals surface area contributed by atoms with Gasteiger partial charge in [0.05, 0.1) is 18.9 Å². The summed E-state index contributed by atoms with van der Waals surface area (Å²) in [5.74, 6) is 0.315. The zero-order valence-electron chi connectivity index (χ0n) is 19.3. The molecule has 0 unspecified atom stereocenters. The van der Waals surface area contributed by atoms with Crippen LogP contribution in [-0.2, 0) is 9.59 Å². The highest BCUT2D eigenvalue weighted by molar-refractivity contribution is 7.99. The number of nitrogens with one attached hydrogen (secondary N) is 1. The minimum atomic E-state index is -0.353. The summed E-state index contributed by atoms with van der Waals surface area (Å²) in [5, 5.41) is 15.1. The smallest absolute Gasteiger partial charge is 0.238 e. The van der Waals surface area contributed by atoms with Crippen molar-refractivity contribution in [1.29, 1.82) is 0 Å². The van der Waals surface area contributed by atoms with Crippen LogP contribution in [0.1, 0.15) is 6.92 Å². The Bertz CT molecular complexity index is 1150.